The van der Waals surface area contributed by atoms with E-state index in [9.17, 15) is 0 Å². The average molecular weight is 225 g/mol. The number of nitrogens with one attached hydrogen (secondary N) is 1. The van der Waals surface area contributed by atoms with Crippen molar-refractivity contribution in [1.29, 1.82) is 0 Å². The molecule has 0 radical (unpaired) electrons. The van der Waals surface area contributed by atoms with E-state index in [4.69, 9.17) is 4.74 Å². The molecule has 0 aromatic rings. The normalized spacial score (nSPS) is 20.1. The van der Waals surface area contributed by atoms with Gasteiger partial charge in [-0.05, 0) is 53.5 Å². The molecule has 94 valence electrons. The second-order valence-electron chi connectivity index (χ2n) is 5.14. The van der Waals surface area contributed by atoms with Crippen molar-refractivity contribution in [3.8, 4) is 0 Å². The Morgan fingerprint density at radius 1 is 1.38 bits per heavy atom. The lowest BCUT2D eigenvalue weighted by Crippen LogP contribution is -2.48. The monoisotopic (exact) mass is 225 g/mol. The number of rotatable bonds is 5. The Morgan fingerprint density at radius 2 is 2.12 bits per heavy atom. The Bertz CT molecular complexity index is 233. The van der Waals surface area contributed by atoms with Crippen molar-refractivity contribution < 1.29 is 4.74 Å². The summed E-state index contributed by atoms with van der Waals surface area (Å²) in [7, 11) is 2.04. The first kappa shape index (κ1) is 13.7. The first-order chi connectivity index (χ1) is 7.61. The first-order valence-electron chi connectivity index (χ1n) is 6.62. The van der Waals surface area contributed by atoms with E-state index in [1.165, 1.54) is 32.1 Å². The highest BCUT2D eigenvalue weighted by Crippen LogP contribution is 2.27. The zero-order chi connectivity index (χ0) is 12.0. The molecule has 0 saturated carbocycles. The summed E-state index contributed by atoms with van der Waals surface area (Å²) >= 11 is 0. The quantitative estimate of drug-likeness (QED) is 0.725. The molecule has 1 atom stereocenters. The van der Waals surface area contributed by atoms with Crippen LogP contribution in [-0.4, -0.2) is 25.3 Å². The number of hydrogen-bond acceptors (Lipinski definition) is 2. The Balaban J connectivity index is 2.75. The van der Waals surface area contributed by atoms with E-state index in [-0.39, 0.29) is 5.60 Å². The lowest BCUT2D eigenvalue weighted by molar-refractivity contribution is -0.0284. The van der Waals surface area contributed by atoms with Crippen LogP contribution in [0.5, 0.6) is 0 Å². The van der Waals surface area contributed by atoms with Gasteiger partial charge in [0.15, 0.2) is 0 Å². The van der Waals surface area contributed by atoms with Gasteiger partial charge in [0.05, 0.1) is 11.6 Å². The summed E-state index contributed by atoms with van der Waals surface area (Å²) in [5.41, 5.74) is 1.43. The molecule has 0 aromatic carbocycles. The highest BCUT2D eigenvalue weighted by molar-refractivity contribution is 5.17. The van der Waals surface area contributed by atoms with Crippen molar-refractivity contribution in [2.45, 2.75) is 64.5 Å². The maximum atomic E-state index is 5.87. The minimum absolute atomic E-state index is 0.111. The fraction of sp³-hybridized carbons (Fsp3) is 0.857. The molecule has 0 heterocycles. The smallest absolute Gasteiger partial charge is 0.0816 e. The molecular weight excluding hydrogens is 198 g/mol. The van der Waals surface area contributed by atoms with E-state index in [1.807, 2.05) is 7.05 Å². The molecule has 0 fully saturated rings. The van der Waals surface area contributed by atoms with Gasteiger partial charge < -0.3 is 10.1 Å². The van der Waals surface area contributed by atoms with E-state index in [2.05, 4.69) is 32.2 Å². The van der Waals surface area contributed by atoms with Crippen molar-refractivity contribution in [2.24, 2.45) is 0 Å². The molecular formula is C14H27NO. The maximum absolute atomic E-state index is 5.87. The zero-order valence-corrected chi connectivity index (χ0v) is 11.3. The average Bonchev–Trinajstić information content (AvgIpc) is 2.47. The van der Waals surface area contributed by atoms with Gasteiger partial charge in [0.2, 0.25) is 0 Å². The van der Waals surface area contributed by atoms with Crippen LogP contribution < -0.4 is 5.32 Å². The molecule has 0 bridgehead atoms. The van der Waals surface area contributed by atoms with E-state index < -0.39 is 0 Å². The van der Waals surface area contributed by atoms with Gasteiger partial charge in [-0.15, -0.1) is 0 Å². The predicted molar refractivity (Wildman–Crippen MR) is 69.7 cm³/mol. The Labute approximate surface area is 100 Å². The summed E-state index contributed by atoms with van der Waals surface area (Å²) in [5, 5.41) is 3.43. The first-order valence-corrected chi connectivity index (χ1v) is 6.62. The molecule has 0 saturated heterocycles. The Hall–Kier alpha value is -0.340. The molecule has 1 aliphatic rings. The predicted octanol–water partition coefficient (Wildman–Crippen LogP) is 3.28. The summed E-state index contributed by atoms with van der Waals surface area (Å²) in [6.07, 6.45) is 8.92. The second-order valence-corrected chi connectivity index (χ2v) is 5.14. The summed E-state index contributed by atoms with van der Waals surface area (Å²) in [4.78, 5) is 0. The van der Waals surface area contributed by atoms with E-state index in [1.54, 1.807) is 5.57 Å². The fourth-order valence-corrected chi connectivity index (χ4v) is 2.74. The largest absolute Gasteiger partial charge is 0.374 e. The van der Waals surface area contributed by atoms with Crippen LogP contribution in [0.15, 0.2) is 11.6 Å². The molecule has 16 heavy (non-hydrogen) atoms. The molecule has 1 unspecified atom stereocenters. The van der Waals surface area contributed by atoms with Crippen LogP contribution >= 0.6 is 0 Å². The van der Waals surface area contributed by atoms with Gasteiger partial charge in [0.25, 0.3) is 0 Å². The minimum Gasteiger partial charge on any atom is -0.374 e. The topological polar surface area (TPSA) is 21.3 Å². The van der Waals surface area contributed by atoms with Crippen LogP contribution in [-0.2, 0) is 4.74 Å². The maximum Gasteiger partial charge on any atom is 0.0816 e. The molecule has 0 aliphatic heterocycles. The Morgan fingerprint density at radius 3 is 2.75 bits per heavy atom. The highest BCUT2D eigenvalue weighted by Gasteiger charge is 2.31. The standard InChI is InChI=1S/C14H27NO/c1-5-16-14(2,3)13(15-4)12-10-8-6-7-9-11-12/h10,13,15H,5-9,11H2,1-4H3. The van der Waals surface area contributed by atoms with Crippen LogP contribution in [0.4, 0.5) is 0 Å². The van der Waals surface area contributed by atoms with Gasteiger partial charge in [0.1, 0.15) is 0 Å². The summed E-state index contributed by atoms with van der Waals surface area (Å²) in [6, 6.07) is 0.352. The van der Waals surface area contributed by atoms with Crippen molar-refractivity contribution in [1.82, 2.24) is 5.32 Å². The van der Waals surface area contributed by atoms with Crippen LogP contribution in [0.25, 0.3) is 0 Å². The molecule has 2 heteroatoms. The van der Waals surface area contributed by atoms with Gasteiger partial charge in [-0.3, -0.25) is 0 Å². The van der Waals surface area contributed by atoms with Crippen LogP contribution in [0.1, 0.15) is 52.9 Å². The molecule has 1 rings (SSSR count). The lowest BCUT2D eigenvalue weighted by Gasteiger charge is -2.35. The van der Waals surface area contributed by atoms with E-state index >= 15 is 0 Å². The molecule has 0 amide bonds. The molecule has 2 nitrogen and oxygen atoms in total. The summed E-state index contributed by atoms with van der Waals surface area (Å²) in [5.74, 6) is 0. The third kappa shape index (κ3) is 3.60. The second kappa shape index (κ2) is 6.41. The molecule has 1 N–H and O–H groups in total. The summed E-state index contributed by atoms with van der Waals surface area (Å²) in [6.45, 7) is 7.21. The lowest BCUT2D eigenvalue weighted by atomic mass is 9.89. The number of allylic oxidation sites excluding steroid dienone is 1. The number of hydrogen-bond donors (Lipinski definition) is 1. The highest BCUT2D eigenvalue weighted by atomic mass is 16.5. The number of likely N-dealkylation sites (N-methyl/N-ethyl adjacent to an activating group) is 1. The Kier molecular flexibility index (Phi) is 5.50. The fourth-order valence-electron chi connectivity index (χ4n) is 2.74. The van der Waals surface area contributed by atoms with Crippen molar-refractivity contribution in [2.75, 3.05) is 13.7 Å². The SMILES string of the molecule is CCOC(C)(C)C(NC)C1=CCCCCC1. The van der Waals surface area contributed by atoms with Gasteiger partial charge in [0, 0.05) is 6.61 Å². The van der Waals surface area contributed by atoms with Crippen molar-refractivity contribution in [3.05, 3.63) is 11.6 Å². The van der Waals surface area contributed by atoms with E-state index in [0.29, 0.717) is 6.04 Å². The van der Waals surface area contributed by atoms with Crippen LogP contribution in [0.2, 0.25) is 0 Å². The molecule has 0 aromatic heterocycles. The van der Waals surface area contributed by atoms with Crippen molar-refractivity contribution in [3.63, 3.8) is 0 Å². The number of ether oxygens (including phenoxy) is 1. The van der Waals surface area contributed by atoms with E-state index in [0.717, 1.165) is 6.61 Å². The van der Waals surface area contributed by atoms with Gasteiger partial charge in [-0.25, -0.2) is 0 Å². The minimum atomic E-state index is -0.111. The van der Waals surface area contributed by atoms with Gasteiger partial charge in [-0.2, -0.15) is 0 Å². The molecule has 1 aliphatic carbocycles. The third-order valence-corrected chi connectivity index (χ3v) is 3.45. The van der Waals surface area contributed by atoms with Crippen LogP contribution in [0.3, 0.4) is 0 Å². The summed E-state index contributed by atoms with van der Waals surface area (Å²) < 4.78 is 5.87. The van der Waals surface area contributed by atoms with Crippen LogP contribution in [0, 0.1) is 0 Å². The third-order valence-electron chi connectivity index (χ3n) is 3.45. The molecule has 0 spiro atoms. The van der Waals surface area contributed by atoms with Gasteiger partial charge in [-0.1, -0.05) is 18.1 Å². The van der Waals surface area contributed by atoms with Crippen molar-refractivity contribution >= 4 is 0 Å². The zero-order valence-electron chi connectivity index (χ0n) is 11.3. The van der Waals surface area contributed by atoms with Gasteiger partial charge >= 0.3 is 0 Å².